The Morgan fingerprint density at radius 2 is 1.65 bits per heavy atom. The summed E-state index contributed by atoms with van der Waals surface area (Å²) in [6, 6.07) is 17.8. The van der Waals surface area contributed by atoms with Crippen molar-refractivity contribution < 1.29 is 0 Å². The standard InChI is InChI=1S/C21H19ClN4/c1-3-7-17-19-20(26(2)25-17)18(14-8-5-4-6-9-14)23-21(24-19)15-10-12-16(22)13-11-15/h4-6,8-13H,3,7H2,1-2H3. The predicted molar refractivity (Wildman–Crippen MR) is 106 cm³/mol. The first-order valence-corrected chi connectivity index (χ1v) is 9.10. The minimum atomic E-state index is 0.693. The summed E-state index contributed by atoms with van der Waals surface area (Å²) < 4.78 is 1.90. The van der Waals surface area contributed by atoms with Crippen molar-refractivity contribution in [3.8, 4) is 22.6 Å². The van der Waals surface area contributed by atoms with E-state index in [1.54, 1.807) is 0 Å². The van der Waals surface area contributed by atoms with Gasteiger partial charge in [0.2, 0.25) is 0 Å². The maximum atomic E-state index is 6.04. The molecule has 0 atom stereocenters. The molecular formula is C21H19ClN4. The van der Waals surface area contributed by atoms with E-state index in [0.29, 0.717) is 10.8 Å². The van der Waals surface area contributed by atoms with Crippen molar-refractivity contribution in [1.82, 2.24) is 19.7 Å². The van der Waals surface area contributed by atoms with Crippen LogP contribution in [0.3, 0.4) is 0 Å². The quantitative estimate of drug-likeness (QED) is 0.494. The zero-order valence-corrected chi connectivity index (χ0v) is 15.5. The third kappa shape index (κ3) is 2.97. The van der Waals surface area contributed by atoms with Gasteiger partial charge in [0.25, 0.3) is 0 Å². The van der Waals surface area contributed by atoms with E-state index in [9.17, 15) is 0 Å². The molecule has 2 aromatic heterocycles. The fourth-order valence-electron chi connectivity index (χ4n) is 3.17. The summed E-state index contributed by atoms with van der Waals surface area (Å²) in [5.74, 6) is 0.693. The van der Waals surface area contributed by atoms with Gasteiger partial charge in [-0.1, -0.05) is 55.3 Å². The van der Waals surface area contributed by atoms with Gasteiger partial charge < -0.3 is 0 Å². The van der Waals surface area contributed by atoms with Gasteiger partial charge in [-0.05, 0) is 30.7 Å². The molecule has 4 aromatic rings. The van der Waals surface area contributed by atoms with Crippen LogP contribution in [0.1, 0.15) is 19.0 Å². The molecule has 0 saturated heterocycles. The molecule has 0 saturated carbocycles. The number of nitrogens with zero attached hydrogens (tertiary/aromatic N) is 4. The average molecular weight is 363 g/mol. The highest BCUT2D eigenvalue weighted by molar-refractivity contribution is 6.30. The largest absolute Gasteiger partial charge is 0.264 e. The monoisotopic (exact) mass is 362 g/mol. The topological polar surface area (TPSA) is 43.6 Å². The van der Waals surface area contributed by atoms with Gasteiger partial charge in [0.05, 0.1) is 5.69 Å². The van der Waals surface area contributed by atoms with E-state index < -0.39 is 0 Å². The number of halogens is 1. The van der Waals surface area contributed by atoms with E-state index in [1.165, 1.54) is 0 Å². The molecule has 0 amide bonds. The maximum Gasteiger partial charge on any atom is 0.160 e. The molecule has 0 aliphatic heterocycles. The zero-order chi connectivity index (χ0) is 18.1. The molecule has 0 unspecified atom stereocenters. The molecule has 26 heavy (non-hydrogen) atoms. The van der Waals surface area contributed by atoms with Crippen LogP contribution < -0.4 is 0 Å². The summed E-state index contributed by atoms with van der Waals surface area (Å²) in [5, 5.41) is 5.41. The average Bonchev–Trinajstić information content (AvgIpc) is 2.98. The lowest BCUT2D eigenvalue weighted by Crippen LogP contribution is -1.98. The highest BCUT2D eigenvalue weighted by Crippen LogP contribution is 2.31. The number of hydrogen-bond acceptors (Lipinski definition) is 3. The smallest absolute Gasteiger partial charge is 0.160 e. The van der Waals surface area contributed by atoms with Gasteiger partial charge in [0.15, 0.2) is 5.82 Å². The van der Waals surface area contributed by atoms with Crippen molar-refractivity contribution in [3.05, 3.63) is 65.3 Å². The first kappa shape index (κ1) is 16.7. The van der Waals surface area contributed by atoms with Crippen LogP contribution in [-0.2, 0) is 13.5 Å². The van der Waals surface area contributed by atoms with Gasteiger partial charge in [-0.2, -0.15) is 5.10 Å². The van der Waals surface area contributed by atoms with Crippen molar-refractivity contribution in [3.63, 3.8) is 0 Å². The van der Waals surface area contributed by atoms with E-state index in [1.807, 2.05) is 54.2 Å². The lowest BCUT2D eigenvalue weighted by Gasteiger charge is -2.08. The molecule has 4 rings (SSSR count). The van der Waals surface area contributed by atoms with E-state index in [-0.39, 0.29) is 0 Å². The van der Waals surface area contributed by atoms with Gasteiger partial charge in [0, 0.05) is 23.2 Å². The molecule has 0 aliphatic carbocycles. The Kier molecular flexibility index (Phi) is 4.43. The van der Waals surface area contributed by atoms with Crippen molar-refractivity contribution in [2.24, 2.45) is 7.05 Å². The number of aromatic nitrogens is 4. The molecule has 0 bridgehead atoms. The first-order valence-electron chi connectivity index (χ1n) is 8.72. The molecule has 0 fully saturated rings. The third-order valence-electron chi connectivity index (χ3n) is 4.39. The molecule has 0 N–H and O–H groups in total. The normalized spacial score (nSPS) is 11.2. The van der Waals surface area contributed by atoms with Crippen LogP contribution >= 0.6 is 11.6 Å². The second-order valence-electron chi connectivity index (χ2n) is 6.29. The van der Waals surface area contributed by atoms with Crippen molar-refractivity contribution in [1.29, 1.82) is 0 Å². The van der Waals surface area contributed by atoms with Crippen molar-refractivity contribution >= 4 is 22.6 Å². The summed E-state index contributed by atoms with van der Waals surface area (Å²) in [7, 11) is 1.96. The molecule has 2 heterocycles. The Morgan fingerprint density at radius 3 is 2.35 bits per heavy atom. The van der Waals surface area contributed by atoms with Crippen LogP contribution in [0.15, 0.2) is 54.6 Å². The van der Waals surface area contributed by atoms with Crippen LogP contribution in [0.2, 0.25) is 5.02 Å². The van der Waals surface area contributed by atoms with Crippen molar-refractivity contribution in [2.75, 3.05) is 0 Å². The van der Waals surface area contributed by atoms with Crippen LogP contribution in [-0.4, -0.2) is 19.7 Å². The molecule has 0 spiro atoms. The number of aryl methyl sites for hydroxylation is 2. The number of fused-ring (bicyclic) bond motifs is 1. The van der Waals surface area contributed by atoms with Gasteiger partial charge in [0.1, 0.15) is 16.7 Å². The second kappa shape index (κ2) is 6.89. The molecule has 4 nitrogen and oxygen atoms in total. The number of benzene rings is 2. The summed E-state index contributed by atoms with van der Waals surface area (Å²) in [5.41, 5.74) is 5.81. The summed E-state index contributed by atoms with van der Waals surface area (Å²) >= 11 is 6.04. The maximum absolute atomic E-state index is 6.04. The molecule has 5 heteroatoms. The zero-order valence-electron chi connectivity index (χ0n) is 14.8. The van der Waals surface area contributed by atoms with Gasteiger partial charge in [-0.25, -0.2) is 9.97 Å². The Balaban J connectivity index is 2.02. The minimum Gasteiger partial charge on any atom is -0.264 e. The number of rotatable bonds is 4. The fourth-order valence-corrected chi connectivity index (χ4v) is 3.30. The SMILES string of the molecule is CCCc1nn(C)c2c(-c3ccccc3)nc(-c3ccc(Cl)cc3)nc12. The summed E-state index contributed by atoms with van der Waals surface area (Å²) in [6.45, 7) is 2.15. The van der Waals surface area contributed by atoms with Crippen LogP contribution in [0.25, 0.3) is 33.7 Å². The second-order valence-corrected chi connectivity index (χ2v) is 6.72. The molecule has 130 valence electrons. The molecule has 0 aliphatic rings. The third-order valence-corrected chi connectivity index (χ3v) is 4.64. The first-order chi connectivity index (χ1) is 12.7. The summed E-state index contributed by atoms with van der Waals surface area (Å²) in [6.07, 6.45) is 1.91. The fraction of sp³-hybridized carbons (Fsp3) is 0.190. The Hall–Kier alpha value is -2.72. The highest BCUT2D eigenvalue weighted by atomic mass is 35.5. The molecule has 2 aromatic carbocycles. The van der Waals surface area contributed by atoms with Crippen molar-refractivity contribution in [2.45, 2.75) is 19.8 Å². The number of hydrogen-bond donors (Lipinski definition) is 0. The van der Waals surface area contributed by atoms with Gasteiger partial charge in [-0.3, -0.25) is 4.68 Å². The van der Waals surface area contributed by atoms with E-state index >= 15 is 0 Å². The Labute approximate surface area is 157 Å². The predicted octanol–water partition coefficient (Wildman–Crippen LogP) is 5.30. The Bertz CT molecular complexity index is 1050. The van der Waals surface area contributed by atoms with Crippen LogP contribution in [0.5, 0.6) is 0 Å². The highest BCUT2D eigenvalue weighted by Gasteiger charge is 2.18. The Morgan fingerprint density at radius 1 is 0.923 bits per heavy atom. The van der Waals surface area contributed by atoms with Gasteiger partial charge >= 0.3 is 0 Å². The lowest BCUT2D eigenvalue weighted by atomic mass is 10.1. The van der Waals surface area contributed by atoms with E-state index in [4.69, 9.17) is 26.7 Å². The van der Waals surface area contributed by atoms with Gasteiger partial charge in [-0.15, -0.1) is 0 Å². The van der Waals surface area contributed by atoms with E-state index in [2.05, 4.69) is 19.1 Å². The minimum absolute atomic E-state index is 0.693. The van der Waals surface area contributed by atoms with Crippen LogP contribution in [0.4, 0.5) is 0 Å². The molecule has 0 radical (unpaired) electrons. The van der Waals surface area contributed by atoms with E-state index in [0.717, 1.165) is 46.4 Å². The molecular weight excluding hydrogens is 344 g/mol. The summed E-state index contributed by atoms with van der Waals surface area (Å²) in [4.78, 5) is 9.75. The van der Waals surface area contributed by atoms with Crippen LogP contribution in [0, 0.1) is 0 Å². The lowest BCUT2D eigenvalue weighted by molar-refractivity contribution is 0.753.